The Hall–Kier alpha value is -2.04. The van der Waals surface area contributed by atoms with Crippen molar-refractivity contribution in [1.29, 1.82) is 0 Å². The molecule has 0 fully saturated rings. The highest BCUT2D eigenvalue weighted by Crippen LogP contribution is 2.15. The van der Waals surface area contributed by atoms with Gasteiger partial charge in [0.25, 0.3) is 0 Å². The first kappa shape index (κ1) is 20.0. The third kappa shape index (κ3) is 7.99. The largest absolute Gasteiger partial charge is 0.466 e. The summed E-state index contributed by atoms with van der Waals surface area (Å²) in [6, 6.07) is 9.64. The lowest BCUT2D eigenvalue weighted by atomic mass is 9.96. The summed E-state index contributed by atoms with van der Waals surface area (Å²) >= 11 is 0. The summed E-state index contributed by atoms with van der Waals surface area (Å²) in [7, 11) is 0. The summed E-state index contributed by atoms with van der Waals surface area (Å²) in [5.41, 5.74) is 0.531. The van der Waals surface area contributed by atoms with Crippen molar-refractivity contribution >= 4 is 12.1 Å². The zero-order chi connectivity index (χ0) is 18.2. The van der Waals surface area contributed by atoms with Gasteiger partial charge in [0.1, 0.15) is 5.60 Å². The fraction of sp³-hybridized carbons (Fsp3) is 0.579. The van der Waals surface area contributed by atoms with E-state index in [-0.39, 0.29) is 17.9 Å². The fourth-order valence-corrected chi connectivity index (χ4v) is 2.37. The van der Waals surface area contributed by atoms with E-state index in [0.29, 0.717) is 19.4 Å². The number of nitrogens with one attached hydrogen (secondary N) is 1. The third-order valence-electron chi connectivity index (χ3n) is 3.37. The van der Waals surface area contributed by atoms with E-state index in [9.17, 15) is 9.59 Å². The Morgan fingerprint density at radius 1 is 1.17 bits per heavy atom. The van der Waals surface area contributed by atoms with Gasteiger partial charge in [0.05, 0.1) is 12.5 Å². The van der Waals surface area contributed by atoms with Gasteiger partial charge in [0.15, 0.2) is 0 Å². The second-order valence-corrected chi connectivity index (χ2v) is 6.92. The second-order valence-electron chi connectivity index (χ2n) is 6.92. The molecule has 1 N–H and O–H groups in total. The number of alkyl carbamates (subject to hydrolysis) is 1. The molecule has 0 radical (unpaired) electrons. The van der Waals surface area contributed by atoms with Gasteiger partial charge in [-0.2, -0.15) is 0 Å². The zero-order valence-corrected chi connectivity index (χ0v) is 15.3. The number of rotatable bonds is 7. The molecule has 134 valence electrons. The number of carbonyl (C=O) groups excluding carboxylic acids is 2. The first-order valence-corrected chi connectivity index (χ1v) is 8.41. The van der Waals surface area contributed by atoms with Crippen molar-refractivity contribution < 1.29 is 19.1 Å². The molecule has 1 aromatic carbocycles. The Balaban J connectivity index is 2.75. The van der Waals surface area contributed by atoms with Crippen LogP contribution in [0, 0.1) is 5.92 Å². The van der Waals surface area contributed by atoms with Crippen molar-refractivity contribution in [3.63, 3.8) is 0 Å². The van der Waals surface area contributed by atoms with E-state index < -0.39 is 11.7 Å². The number of ether oxygens (including phenoxy) is 2. The lowest BCUT2D eigenvalue weighted by Crippen LogP contribution is -2.41. The van der Waals surface area contributed by atoms with Crippen LogP contribution in [0.3, 0.4) is 0 Å². The number of benzene rings is 1. The predicted octanol–water partition coefficient (Wildman–Crippen LogP) is 3.71. The van der Waals surface area contributed by atoms with Crippen LogP contribution in [-0.4, -0.2) is 30.3 Å². The van der Waals surface area contributed by atoms with E-state index in [0.717, 1.165) is 5.56 Å². The van der Waals surface area contributed by atoms with Crippen molar-refractivity contribution in [3.05, 3.63) is 35.9 Å². The molecule has 1 rings (SSSR count). The molecule has 0 bridgehead atoms. The van der Waals surface area contributed by atoms with Gasteiger partial charge in [-0.25, -0.2) is 4.79 Å². The standard InChI is InChI=1S/C19H29NO4/c1-6-23-17(21)14(2)12-16(13-15-10-8-7-9-11-15)20-18(22)24-19(3,4)5/h7-11,14,16H,6,12-13H2,1-5H3,(H,20,22)/t14-,16+/m0/s1. The van der Waals surface area contributed by atoms with Crippen LogP contribution in [0.15, 0.2) is 30.3 Å². The Labute approximate surface area is 144 Å². The second kappa shape index (κ2) is 9.30. The van der Waals surface area contributed by atoms with Gasteiger partial charge in [-0.1, -0.05) is 37.3 Å². The molecule has 1 amide bonds. The van der Waals surface area contributed by atoms with Gasteiger partial charge in [0, 0.05) is 6.04 Å². The van der Waals surface area contributed by atoms with Crippen molar-refractivity contribution in [3.8, 4) is 0 Å². The monoisotopic (exact) mass is 335 g/mol. The molecule has 0 aliphatic rings. The van der Waals surface area contributed by atoms with E-state index in [2.05, 4.69) is 5.32 Å². The molecule has 2 atom stereocenters. The van der Waals surface area contributed by atoms with Gasteiger partial charge in [-0.05, 0) is 46.1 Å². The Bertz CT molecular complexity index is 522. The Morgan fingerprint density at radius 2 is 1.79 bits per heavy atom. The maximum absolute atomic E-state index is 12.1. The highest BCUT2D eigenvalue weighted by Gasteiger charge is 2.24. The maximum Gasteiger partial charge on any atom is 0.407 e. The van der Waals surface area contributed by atoms with Crippen LogP contribution >= 0.6 is 0 Å². The molecule has 0 saturated heterocycles. The van der Waals surface area contributed by atoms with Crippen LogP contribution in [0.4, 0.5) is 4.79 Å². The van der Waals surface area contributed by atoms with Crippen LogP contribution in [0.5, 0.6) is 0 Å². The van der Waals surface area contributed by atoms with Gasteiger partial charge < -0.3 is 14.8 Å². The quantitative estimate of drug-likeness (QED) is 0.772. The molecule has 0 aliphatic heterocycles. The molecule has 24 heavy (non-hydrogen) atoms. The lowest BCUT2D eigenvalue weighted by molar-refractivity contribution is -0.147. The Morgan fingerprint density at radius 3 is 2.33 bits per heavy atom. The van der Waals surface area contributed by atoms with E-state index in [1.807, 2.05) is 58.0 Å². The van der Waals surface area contributed by atoms with Gasteiger partial charge in [-0.3, -0.25) is 4.79 Å². The summed E-state index contributed by atoms with van der Waals surface area (Å²) in [6.07, 6.45) is 0.649. The number of amides is 1. The van der Waals surface area contributed by atoms with Crippen molar-refractivity contribution in [2.75, 3.05) is 6.61 Å². The van der Waals surface area contributed by atoms with Crippen LogP contribution in [0.2, 0.25) is 0 Å². The molecule has 0 saturated carbocycles. The van der Waals surface area contributed by atoms with Gasteiger partial charge >= 0.3 is 12.1 Å². The average molecular weight is 335 g/mol. The summed E-state index contributed by atoms with van der Waals surface area (Å²) in [6.45, 7) is 9.41. The third-order valence-corrected chi connectivity index (χ3v) is 3.37. The number of esters is 1. The number of hydrogen-bond acceptors (Lipinski definition) is 4. The fourth-order valence-electron chi connectivity index (χ4n) is 2.37. The predicted molar refractivity (Wildman–Crippen MR) is 93.7 cm³/mol. The highest BCUT2D eigenvalue weighted by molar-refractivity contribution is 5.72. The summed E-state index contributed by atoms with van der Waals surface area (Å²) in [5.74, 6) is -0.546. The molecule has 0 heterocycles. The lowest BCUT2D eigenvalue weighted by Gasteiger charge is -2.25. The number of carbonyl (C=O) groups is 2. The first-order valence-electron chi connectivity index (χ1n) is 8.41. The minimum atomic E-state index is -0.561. The molecule has 0 aliphatic carbocycles. The van der Waals surface area contributed by atoms with Gasteiger partial charge in [-0.15, -0.1) is 0 Å². The number of hydrogen-bond donors (Lipinski definition) is 1. The summed E-state index contributed by atoms with van der Waals surface area (Å²) in [4.78, 5) is 24.0. The summed E-state index contributed by atoms with van der Waals surface area (Å²) in [5, 5.41) is 2.88. The van der Waals surface area contributed by atoms with Crippen LogP contribution in [0.1, 0.15) is 46.6 Å². The van der Waals surface area contributed by atoms with Crippen molar-refractivity contribution in [2.45, 2.75) is 59.1 Å². The molecule has 0 aromatic heterocycles. The Kier molecular flexibility index (Phi) is 7.75. The molecule has 0 unspecified atom stereocenters. The normalized spacial score (nSPS) is 13.7. The minimum Gasteiger partial charge on any atom is -0.466 e. The van der Waals surface area contributed by atoms with Crippen molar-refractivity contribution in [2.24, 2.45) is 5.92 Å². The van der Waals surface area contributed by atoms with Crippen LogP contribution in [-0.2, 0) is 20.7 Å². The molecule has 0 spiro atoms. The SMILES string of the molecule is CCOC(=O)[C@@H](C)C[C@H](Cc1ccccc1)NC(=O)OC(C)(C)C. The molecule has 1 aromatic rings. The van der Waals surface area contributed by atoms with Crippen LogP contribution < -0.4 is 5.32 Å². The molecule has 5 nitrogen and oxygen atoms in total. The minimum absolute atomic E-state index is 0.207. The highest BCUT2D eigenvalue weighted by atomic mass is 16.6. The molecular formula is C19H29NO4. The zero-order valence-electron chi connectivity index (χ0n) is 15.3. The average Bonchev–Trinajstić information content (AvgIpc) is 2.46. The van der Waals surface area contributed by atoms with E-state index in [1.54, 1.807) is 6.92 Å². The van der Waals surface area contributed by atoms with E-state index >= 15 is 0 Å². The van der Waals surface area contributed by atoms with Crippen LogP contribution in [0.25, 0.3) is 0 Å². The topological polar surface area (TPSA) is 64.6 Å². The molecule has 5 heteroatoms. The summed E-state index contributed by atoms with van der Waals surface area (Å²) < 4.78 is 10.4. The maximum atomic E-state index is 12.1. The van der Waals surface area contributed by atoms with Gasteiger partial charge in [0.2, 0.25) is 0 Å². The first-order chi connectivity index (χ1) is 11.2. The van der Waals surface area contributed by atoms with E-state index in [4.69, 9.17) is 9.47 Å². The van der Waals surface area contributed by atoms with E-state index in [1.165, 1.54) is 0 Å². The van der Waals surface area contributed by atoms with Crippen molar-refractivity contribution in [1.82, 2.24) is 5.32 Å². The smallest absolute Gasteiger partial charge is 0.407 e. The molecular weight excluding hydrogens is 306 g/mol.